The Labute approximate surface area is 105 Å². The molecule has 2 unspecified atom stereocenters. The van der Waals surface area contributed by atoms with E-state index in [0.717, 1.165) is 31.6 Å². The molecule has 0 aliphatic heterocycles. The zero-order valence-corrected chi connectivity index (χ0v) is 11.3. The van der Waals surface area contributed by atoms with Crippen molar-refractivity contribution in [2.45, 2.75) is 33.3 Å². The molecule has 1 rings (SSSR count). The Morgan fingerprint density at radius 2 is 1.65 bits per heavy atom. The molecule has 1 aromatic carbocycles. The average molecular weight is 236 g/mol. The molecule has 0 fully saturated rings. The summed E-state index contributed by atoms with van der Waals surface area (Å²) in [6.45, 7) is 9.91. The standard InChI is InChI=1S/C15H25NO/c1-4-13(12-16(5-2)6-3)15(17)14-10-8-7-9-11-14/h7-11,13,15,17H,4-6,12H2,1-3H3/p+1. The van der Waals surface area contributed by atoms with Crippen LogP contribution in [0.3, 0.4) is 0 Å². The lowest BCUT2D eigenvalue weighted by molar-refractivity contribution is -0.900. The summed E-state index contributed by atoms with van der Waals surface area (Å²) in [5, 5.41) is 10.4. The highest BCUT2D eigenvalue weighted by Gasteiger charge is 2.22. The van der Waals surface area contributed by atoms with Crippen LogP contribution in [-0.4, -0.2) is 24.7 Å². The molecule has 2 nitrogen and oxygen atoms in total. The summed E-state index contributed by atoms with van der Waals surface area (Å²) in [6, 6.07) is 10.0. The second kappa shape index (κ2) is 7.46. The summed E-state index contributed by atoms with van der Waals surface area (Å²) in [4.78, 5) is 1.56. The molecule has 0 aromatic heterocycles. The number of aliphatic hydroxyl groups is 1. The van der Waals surface area contributed by atoms with Crippen molar-refractivity contribution in [2.75, 3.05) is 19.6 Å². The molecule has 0 amide bonds. The van der Waals surface area contributed by atoms with Crippen LogP contribution in [0, 0.1) is 5.92 Å². The van der Waals surface area contributed by atoms with Crippen LogP contribution < -0.4 is 4.90 Å². The third-order valence-electron chi connectivity index (χ3n) is 3.66. The largest absolute Gasteiger partial charge is 0.388 e. The van der Waals surface area contributed by atoms with Gasteiger partial charge < -0.3 is 10.0 Å². The number of hydrogen-bond donors (Lipinski definition) is 2. The van der Waals surface area contributed by atoms with Gasteiger partial charge in [0.2, 0.25) is 0 Å². The highest BCUT2D eigenvalue weighted by atomic mass is 16.3. The van der Waals surface area contributed by atoms with E-state index in [0.29, 0.717) is 5.92 Å². The number of nitrogens with one attached hydrogen (secondary N) is 1. The Hall–Kier alpha value is -0.860. The molecule has 0 saturated heterocycles. The average Bonchev–Trinajstić information content (AvgIpc) is 2.40. The van der Waals surface area contributed by atoms with Crippen LogP contribution in [0.15, 0.2) is 30.3 Å². The van der Waals surface area contributed by atoms with Gasteiger partial charge in [-0.2, -0.15) is 0 Å². The van der Waals surface area contributed by atoms with E-state index in [1.54, 1.807) is 4.90 Å². The lowest BCUT2D eigenvalue weighted by Gasteiger charge is -2.26. The molecule has 0 radical (unpaired) electrons. The van der Waals surface area contributed by atoms with Crippen LogP contribution in [0.25, 0.3) is 0 Å². The summed E-state index contributed by atoms with van der Waals surface area (Å²) < 4.78 is 0. The first-order valence-corrected chi connectivity index (χ1v) is 6.79. The van der Waals surface area contributed by atoms with E-state index >= 15 is 0 Å². The maximum absolute atomic E-state index is 10.4. The van der Waals surface area contributed by atoms with Crippen molar-refractivity contribution in [1.29, 1.82) is 0 Å². The van der Waals surface area contributed by atoms with Crippen LogP contribution >= 0.6 is 0 Å². The Bertz CT molecular complexity index is 295. The summed E-state index contributed by atoms with van der Waals surface area (Å²) in [5.74, 6) is 0.354. The summed E-state index contributed by atoms with van der Waals surface area (Å²) >= 11 is 0. The van der Waals surface area contributed by atoms with E-state index in [1.165, 1.54) is 0 Å². The van der Waals surface area contributed by atoms with Crippen LogP contribution in [0.4, 0.5) is 0 Å². The number of benzene rings is 1. The minimum Gasteiger partial charge on any atom is -0.388 e. The van der Waals surface area contributed by atoms with Gasteiger partial charge in [-0.3, -0.25) is 0 Å². The Morgan fingerprint density at radius 1 is 1.06 bits per heavy atom. The molecular formula is C15H26NO+. The third kappa shape index (κ3) is 4.14. The van der Waals surface area contributed by atoms with Gasteiger partial charge >= 0.3 is 0 Å². The summed E-state index contributed by atoms with van der Waals surface area (Å²) in [7, 11) is 0. The first-order valence-electron chi connectivity index (χ1n) is 6.79. The van der Waals surface area contributed by atoms with E-state index in [2.05, 4.69) is 20.8 Å². The first-order chi connectivity index (χ1) is 8.22. The van der Waals surface area contributed by atoms with Crippen LogP contribution in [0.5, 0.6) is 0 Å². The number of rotatable bonds is 7. The fraction of sp³-hybridized carbons (Fsp3) is 0.600. The van der Waals surface area contributed by atoms with E-state index in [4.69, 9.17) is 0 Å². The van der Waals surface area contributed by atoms with Gasteiger partial charge in [-0.15, -0.1) is 0 Å². The Kier molecular flexibility index (Phi) is 6.23. The number of hydrogen-bond acceptors (Lipinski definition) is 1. The van der Waals surface area contributed by atoms with Gasteiger partial charge in [0, 0.05) is 5.92 Å². The molecule has 96 valence electrons. The number of quaternary nitrogens is 1. The van der Waals surface area contributed by atoms with Crippen molar-refractivity contribution in [3.63, 3.8) is 0 Å². The molecule has 17 heavy (non-hydrogen) atoms. The SMILES string of the molecule is CCC(C[NH+](CC)CC)C(O)c1ccccc1. The van der Waals surface area contributed by atoms with Crippen LogP contribution in [-0.2, 0) is 0 Å². The zero-order chi connectivity index (χ0) is 12.7. The molecule has 0 aliphatic rings. The van der Waals surface area contributed by atoms with Crippen molar-refractivity contribution in [3.8, 4) is 0 Å². The molecule has 0 bridgehead atoms. The normalized spacial score (nSPS) is 14.9. The Balaban J connectivity index is 2.67. The zero-order valence-electron chi connectivity index (χ0n) is 11.3. The molecule has 2 atom stereocenters. The number of aliphatic hydroxyl groups excluding tert-OH is 1. The van der Waals surface area contributed by atoms with Gasteiger partial charge in [0.1, 0.15) is 0 Å². The lowest BCUT2D eigenvalue weighted by Crippen LogP contribution is -3.12. The minimum atomic E-state index is -0.325. The second-order valence-corrected chi connectivity index (χ2v) is 4.69. The molecule has 0 aliphatic carbocycles. The van der Waals surface area contributed by atoms with Gasteiger partial charge in [0.05, 0.1) is 25.7 Å². The van der Waals surface area contributed by atoms with E-state index in [9.17, 15) is 5.11 Å². The maximum Gasteiger partial charge on any atom is 0.0871 e. The fourth-order valence-electron chi connectivity index (χ4n) is 2.31. The van der Waals surface area contributed by atoms with Gasteiger partial charge in [0.25, 0.3) is 0 Å². The summed E-state index contributed by atoms with van der Waals surface area (Å²) in [5.41, 5.74) is 1.05. The highest BCUT2D eigenvalue weighted by Crippen LogP contribution is 2.23. The molecule has 2 heteroatoms. The lowest BCUT2D eigenvalue weighted by atomic mass is 9.93. The highest BCUT2D eigenvalue weighted by molar-refractivity contribution is 5.17. The van der Waals surface area contributed by atoms with Crippen LogP contribution in [0.2, 0.25) is 0 Å². The molecule has 0 spiro atoms. The van der Waals surface area contributed by atoms with Crippen molar-refractivity contribution in [2.24, 2.45) is 5.92 Å². The van der Waals surface area contributed by atoms with E-state index in [-0.39, 0.29) is 6.10 Å². The predicted octanol–water partition coefficient (Wildman–Crippen LogP) is 1.67. The minimum absolute atomic E-state index is 0.325. The second-order valence-electron chi connectivity index (χ2n) is 4.69. The smallest absolute Gasteiger partial charge is 0.0871 e. The first kappa shape index (κ1) is 14.2. The maximum atomic E-state index is 10.4. The molecule has 0 saturated carbocycles. The third-order valence-corrected chi connectivity index (χ3v) is 3.66. The topological polar surface area (TPSA) is 24.7 Å². The fourth-order valence-corrected chi connectivity index (χ4v) is 2.31. The van der Waals surface area contributed by atoms with Crippen molar-refractivity contribution < 1.29 is 10.0 Å². The van der Waals surface area contributed by atoms with Gasteiger partial charge in [-0.1, -0.05) is 37.3 Å². The van der Waals surface area contributed by atoms with Gasteiger partial charge in [-0.25, -0.2) is 0 Å². The van der Waals surface area contributed by atoms with Crippen molar-refractivity contribution in [1.82, 2.24) is 0 Å². The predicted molar refractivity (Wildman–Crippen MR) is 72.1 cm³/mol. The molecule has 1 aromatic rings. The van der Waals surface area contributed by atoms with E-state index in [1.807, 2.05) is 30.3 Å². The van der Waals surface area contributed by atoms with Crippen molar-refractivity contribution >= 4 is 0 Å². The quantitative estimate of drug-likeness (QED) is 0.739. The van der Waals surface area contributed by atoms with E-state index < -0.39 is 0 Å². The summed E-state index contributed by atoms with van der Waals surface area (Å²) in [6.07, 6.45) is 0.703. The molecule has 0 heterocycles. The van der Waals surface area contributed by atoms with Crippen LogP contribution in [0.1, 0.15) is 38.9 Å². The molecular weight excluding hydrogens is 210 g/mol. The molecule has 2 N–H and O–H groups in total. The van der Waals surface area contributed by atoms with Gasteiger partial charge in [-0.05, 0) is 25.8 Å². The van der Waals surface area contributed by atoms with Gasteiger partial charge in [0.15, 0.2) is 0 Å². The Morgan fingerprint density at radius 3 is 2.12 bits per heavy atom. The van der Waals surface area contributed by atoms with Crippen molar-refractivity contribution in [3.05, 3.63) is 35.9 Å². The monoisotopic (exact) mass is 236 g/mol.